The quantitative estimate of drug-likeness (QED) is 0.927. The summed E-state index contributed by atoms with van der Waals surface area (Å²) in [7, 11) is 0. The molecule has 1 aliphatic heterocycles. The first-order valence-electron chi connectivity index (χ1n) is 7.12. The fraction of sp³-hybridized carbons (Fsp3) is 0.467. The number of fused-ring (bicyclic) bond motifs is 1. The molecule has 0 bridgehead atoms. The second-order valence-electron chi connectivity index (χ2n) is 5.74. The average Bonchev–Trinajstić information content (AvgIpc) is 2.75. The summed E-state index contributed by atoms with van der Waals surface area (Å²) in [5.74, 6) is -1.05. The van der Waals surface area contributed by atoms with E-state index in [-0.39, 0.29) is 0 Å². The predicted octanol–water partition coefficient (Wildman–Crippen LogP) is 3.00. The molecule has 1 aliphatic rings. The maximum atomic E-state index is 12.6. The van der Waals surface area contributed by atoms with Gasteiger partial charge in [-0.3, -0.25) is 4.90 Å². The standard InChI is InChI=1S/C15H17F3N4/c1-9-5-10(2)20-13(9)8-22-4-3-12-11(7-22)6-19-14(21-12)15(16,17)18/h5-6,20H,3-4,7-8H2,1-2H3. The number of halogens is 3. The lowest BCUT2D eigenvalue weighted by atomic mass is 10.1. The lowest BCUT2D eigenvalue weighted by Gasteiger charge is -2.28. The summed E-state index contributed by atoms with van der Waals surface area (Å²) in [6.45, 7) is 6.08. The Morgan fingerprint density at radius 3 is 2.73 bits per heavy atom. The van der Waals surface area contributed by atoms with Crippen LogP contribution in [0.3, 0.4) is 0 Å². The van der Waals surface area contributed by atoms with Gasteiger partial charge in [-0.15, -0.1) is 0 Å². The molecule has 0 fully saturated rings. The van der Waals surface area contributed by atoms with Gasteiger partial charge in [0.25, 0.3) is 0 Å². The number of alkyl halides is 3. The normalized spacial score (nSPS) is 15.9. The zero-order chi connectivity index (χ0) is 15.9. The van der Waals surface area contributed by atoms with Crippen molar-refractivity contribution in [3.8, 4) is 0 Å². The fourth-order valence-corrected chi connectivity index (χ4v) is 2.82. The van der Waals surface area contributed by atoms with E-state index in [1.807, 2.05) is 6.92 Å². The minimum absolute atomic E-state index is 0.512. The van der Waals surface area contributed by atoms with E-state index in [0.29, 0.717) is 25.2 Å². The third-order valence-electron chi connectivity index (χ3n) is 3.91. The Kier molecular flexibility index (Phi) is 3.68. The molecule has 118 valence electrons. The van der Waals surface area contributed by atoms with Crippen LogP contribution in [0.2, 0.25) is 0 Å². The van der Waals surface area contributed by atoms with E-state index in [4.69, 9.17) is 0 Å². The number of hydrogen-bond acceptors (Lipinski definition) is 3. The smallest absolute Gasteiger partial charge is 0.361 e. The van der Waals surface area contributed by atoms with E-state index in [1.165, 1.54) is 11.8 Å². The van der Waals surface area contributed by atoms with Gasteiger partial charge in [-0.1, -0.05) is 0 Å². The summed E-state index contributed by atoms with van der Waals surface area (Å²) in [6.07, 6.45) is -2.66. The second kappa shape index (κ2) is 5.39. The van der Waals surface area contributed by atoms with Gasteiger partial charge in [0, 0.05) is 49.2 Å². The number of aryl methyl sites for hydroxylation is 2. The molecule has 7 heteroatoms. The Morgan fingerprint density at radius 1 is 1.32 bits per heavy atom. The van der Waals surface area contributed by atoms with Crippen LogP contribution in [0.1, 0.15) is 34.0 Å². The number of aromatic nitrogens is 3. The Bertz CT molecular complexity index is 691. The van der Waals surface area contributed by atoms with Crippen molar-refractivity contribution in [2.75, 3.05) is 6.54 Å². The maximum Gasteiger partial charge on any atom is 0.451 e. The monoisotopic (exact) mass is 310 g/mol. The van der Waals surface area contributed by atoms with Crippen LogP contribution in [0.25, 0.3) is 0 Å². The highest BCUT2D eigenvalue weighted by atomic mass is 19.4. The van der Waals surface area contributed by atoms with Crippen molar-refractivity contribution in [3.05, 3.63) is 46.3 Å². The van der Waals surface area contributed by atoms with E-state index < -0.39 is 12.0 Å². The number of aromatic amines is 1. The van der Waals surface area contributed by atoms with Crippen molar-refractivity contribution < 1.29 is 13.2 Å². The molecule has 1 N–H and O–H groups in total. The van der Waals surface area contributed by atoms with E-state index in [0.717, 1.165) is 23.5 Å². The molecule has 22 heavy (non-hydrogen) atoms. The summed E-state index contributed by atoms with van der Waals surface area (Å²) >= 11 is 0. The summed E-state index contributed by atoms with van der Waals surface area (Å²) in [6, 6.07) is 2.09. The largest absolute Gasteiger partial charge is 0.451 e. The molecular formula is C15H17F3N4. The number of hydrogen-bond donors (Lipinski definition) is 1. The second-order valence-corrected chi connectivity index (χ2v) is 5.74. The summed E-state index contributed by atoms with van der Waals surface area (Å²) in [4.78, 5) is 12.6. The number of rotatable bonds is 2. The van der Waals surface area contributed by atoms with Crippen LogP contribution in [0.15, 0.2) is 12.3 Å². The minimum atomic E-state index is -4.48. The molecule has 2 aromatic heterocycles. The summed E-state index contributed by atoms with van der Waals surface area (Å²) < 4.78 is 37.9. The van der Waals surface area contributed by atoms with Crippen LogP contribution < -0.4 is 0 Å². The predicted molar refractivity (Wildman–Crippen MR) is 75.1 cm³/mol. The van der Waals surface area contributed by atoms with Gasteiger partial charge < -0.3 is 4.98 Å². The molecule has 4 nitrogen and oxygen atoms in total. The lowest BCUT2D eigenvalue weighted by Crippen LogP contribution is -2.32. The lowest BCUT2D eigenvalue weighted by molar-refractivity contribution is -0.145. The maximum absolute atomic E-state index is 12.6. The van der Waals surface area contributed by atoms with Gasteiger partial charge in [0.05, 0.1) is 5.69 Å². The number of H-pyrrole nitrogens is 1. The molecule has 0 saturated carbocycles. The minimum Gasteiger partial charge on any atom is -0.361 e. The van der Waals surface area contributed by atoms with Gasteiger partial charge in [0.1, 0.15) is 0 Å². The van der Waals surface area contributed by atoms with Gasteiger partial charge in [-0.2, -0.15) is 13.2 Å². The topological polar surface area (TPSA) is 44.8 Å². The molecule has 0 atom stereocenters. The zero-order valence-corrected chi connectivity index (χ0v) is 12.5. The highest BCUT2D eigenvalue weighted by Gasteiger charge is 2.35. The van der Waals surface area contributed by atoms with Gasteiger partial charge >= 0.3 is 6.18 Å². The molecule has 0 saturated heterocycles. The highest BCUT2D eigenvalue weighted by molar-refractivity contribution is 5.25. The van der Waals surface area contributed by atoms with Crippen molar-refractivity contribution in [3.63, 3.8) is 0 Å². The third kappa shape index (κ3) is 2.99. The molecular weight excluding hydrogens is 293 g/mol. The van der Waals surface area contributed by atoms with Crippen molar-refractivity contribution in [2.24, 2.45) is 0 Å². The SMILES string of the molecule is Cc1cc(C)c(CN2CCc3nc(C(F)(F)F)ncc3C2)[nH]1. The van der Waals surface area contributed by atoms with Gasteiger partial charge in [-0.05, 0) is 25.5 Å². The van der Waals surface area contributed by atoms with E-state index in [2.05, 4.69) is 32.8 Å². The van der Waals surface area contributed by atoms with Crippen LogP contribution in [-0.2, 0) is 25.7 Å². The van der Waals surface area contributed by atoms with Gasteiger partial charge in [-0.25, -0.2) is 9.97 Å². The zero-order valence-electron chi connectivity index (χ0n) is 12.5. The Hall–Kier alpha value is -1.89. The molecule has 0 radical (unpaired) electrons. The summed E-state index contributed by atoms with van der Waals surface area (Å²) in [5.41, 5.74) is 4.75. The Labute approximate surface area is 126 Å². The molecule has 2 aromatic rings. The number of nitrogens with one attached hydrogen (secondary N) is 1. The number of nitrogens with zero attached hydrogens (tertiary/aromatic N) is 3. The molecule has 0 amide bonds. The first-order chi connectivity index (χ1) is 10.3. The molecule has 0 spiro atoms. The molecule has 0 aromatic carbocycles. The first kappa shape index (κ1) is 15.0. The van der Waals surface area contributed by atoms with Crippen LogP contribution in [0.4, 0.5) is 13.2 Å². The van der Waals surface area contributed by atoms with Crippen molar-refractivity contribution in [2.45, 2.75) is 39.5 Å². The van der Waals surface area contributed by atoms with Crippen molar-refractivity contribution in [1.29, 1.82) is 0 Å². The van der Waals surface area contributed by atoms with Crippen molar-refractivity contribution >= 4 is 0 Å². The highest BCUT2D eigenvalue weighted by Crippen LogP contribution is 2.28. The molecule has 0 aliphatic carbocycles. The Morgan fingerprint density at radius 2 is 2.09 bits per heavy atom. The van der Waals surface area contributed by atoms with Crippen LogP contribution in [0, 0.1) is 13.8 Å². The van der Waals surface area contributed by atoms with Crippen LogP contribution >= 0.6 is 0 Å². The molecule has 3 rings (SSSR count). The third-order valence-corrected chi connectivity index (χ3v) is 3.91. The van der Waals surface area contributed by atoms with E-state index in [9.17, 15) is 13.2 Å². The molecule has 0 unspecified atom stereocenters. The van der Waals surface area contributed by atoms with E-state index in [1.54, 1.807) is 0 Å². The summed E-state index contributed by atoms with van der Waals surface area (Å²) in [5, 5.41) is 0. The average molecular weight is 310 g/mol. The van der Waals surface area contributed by atoms with Gasteiger partial charge in [0.2, 0.25) is 5.82 Å². The van der Waals surface area contributed by atoms with Crippen LogP contribution in [0.5, 0.6) is 0 Å². The Balaban J connectivity index is 1.76. The molecule has 3 heterocycles. The van der Waals surface area contributed by atoms with Gasteiger partial charge in [0.15, 0.2) is 0 Å². The van der Waals surface area contributed by atoms with E-state index >= 15 is 0 Å². The van der Waals surface area contributed by atoms with Crippen LogP contribution in [-0.4, -0.2) is 26.4 Å². The van der Waals surface area contributed by atoms with Crippen molar-refractivity contribution in [1.82, 2.24) is 19.9 Å². The fourth-order valence-electron chi connectivity index (χ4n) is 2.82. The first-order valence-corrected chi connectivity index (χ1v) is 7.12.